The third-order valence-electron chi connectivity index (χ3n) is 5.63. The van der Waals surface area contributed by atoms with Crippen LogP contribution in [-0.4, -0.2) is 42.6 Å². The maximum absolute atomic E-state index is 13.6. The van der Waals surface area contributed by atoms with Crippen LogP contribution in [0.25, 0.3) is 11.3 Å². The van der Waals surface area contributed by atoms with Gasteiger partial charge in [0.1, 0.15) is 22.9 Å². The van der Waals surface area contributed by atoms with Gasteiger partial charge in [-0.2, -0.15) is 0 Å². The van der Waals surface area contributed by atoms with Crippen LogP contribution >= 0.6 is 11.6 Å². The number of Topliss-reactive ketones (excluding diaryl/α,β-unsaturated/α-hetero) is 1. The number of halogens is 4. The number of benzene rings is 2. The highest BCUT2D eigenvalue weighted by atomic mass is 35.5. The van der Waals surface area contributed by atoms with Gasteiger partial charge >= 0.3 is 0 Å². The summed E-state index contributed by atoms with van der Waals surface area (Å²) < 4.78 is 55.5. The van der Waals surface area contributed by atoms with E-state index >= 15 is 0 Å². The van der Waals surface area contributed by atoms with Crippen molar-refractivity contribution in [3.8, 4) is 28.5 Å². The summed E-state index contributed by atoms with van der Waals surface area (Å²) in [5.74, 6) is -3.28. The number of rotatable bonds is 11. The molecule has 3 aromatic rings. The molecule has 6 nitrogen and oxygen atoms in total. The molecular formula is C27H27ClF3NO5. The number of carbonyl (C=O) groups excluding carboxylic acids is 1. The Labute approximate surface area is 218 Å². The summed E-state index contributed by atoms with van der Waals surface area (Å²) in [6, 6.07) is 11.6. The zero-order valence-corrected chi connectivity index (χ0v) is 21.5. The molecule has 0 fully saturated rings. The molecule has 2 aromatic carbocycles. The van der Waals surface area contributed by atoms with Crippen LogP contribution in [0.15, 0.2) is 48.5 Å². The summed E-state index contributed by atoms with van der Waals surface area (Å²) in [5, 5.41) is 11.1. The first kappa shape index (κ1) is 28.3. The van der Waals surface area contributed by atoms with Crippen molar-refractivity contribution in [1.82, 2.24) is 4.98 Å². The first-order valence-corrected chi connectivity index (χ1v) is 11.7. The zero-order chi connectivity index (χ0) is 27.4. The lowest BCUT2D eigenvalue weighted by molar-refractivity contribution is -0.0235. The quantitative estimate of drug-likeness (QED) is 0.283. The number of aliphatic hydroxyl groups is 1. The molecule has 0 saturated carbocycles. The molecule has 3 rings (SSSR count). The Morgan fingerprint density at radius 2 is 1.68 bits per heavy atom. The number of aromatic nitrogens is 1. The molecule has 198 valence electrons. The standard InChI is InChI=1S/C27H27ClF3NO5/c1-26(34,24-10-9-22(35-3)25(32-24)17-5-7-19(29)18(28)13-17)12-11-20(33)16-6-8-21(23(14-16)36-4)37-15-27(2,30)31/h5-10,13-14,34H,11-12,15H2,1-4H3. The lowest BCUT2D eigenvalue weighted by Crippen LogP contribution is -2.24. The highest BCUT2D eigenvalue weighted by Gasteiger charge is 2.28. The van der Waals surface area contributed by atoms with E-state index in [9.17, 15) is 23.1 Å². The second-order valence-electron chi connectivity index (χ2n) is 8.80. The van der Waals surface area contributed by atoms with Crippen molar-refractivity contribution in [3.05, 3.63) is 70.6 Å². The van der Waals surface area contributed by atoms with E-state index in [2.05, 4.69) is 4.98 Å². The molecule has 0 bridgehead atoms. The summed E-state index contributed by atoms with van der Waals surface area (Å²) in [6.45, 7) is 1.43. The molecular weight excluding hydrogens is 511 g/mol. The van der Waals surface area contributed by atoms with Crippen LogP contribution in [0.5, 0.6) is 17.2 Å². The number of alkyl halides is 2. The number of nitrogens with zero attached hydrogens (tertiary/aromatic N) is 1. The van der Waals surface area contributed by atoms with Gasteiger partial charge in [0.25, 0.3) is 5.92 Å². The summed E-state index contributed by atoms with van der Waals surface area (Å²) in [7, 11) is 2.80. The van der Waals surface area contributed by atoms with Gasteiger partial charge in [-0.05, 0) is 61.9 Å². The van der Waals surface area contributed by atoms with E-state index in [1.807, 2.05) is 0 Å². The molecule has 1 atom stereocenters. The average molecular weight is 538 g/mol. The van der Waals surface area contributed by atoms with Crippen LogP contribution in [0.4, 0.5) is 13.2 Å². The van der Waals surface area contributed by atoms with E-state index in [-0.39, 0.29) is 46.4 Å². The van der Waals surface area contributed by atoms with E-state index in [4.69, 9.17) is 25.8 Å². The number of ketones is 1. The van der Waals surface area contributed by atoms with E-state index < -0.39 is 23.9 Å². The van der Waals surface area contributed by atoms with Crippen molar-refractivity contribution in [3.63, 3.8) is 0 Å². The lowest BCUT2D eigenvalue weighted by Gasteiger charge is -2.24. The van der Waals surface area contributed by atoms with Crippen molar-refractivity contribution in [2.75, 3.05) is 20.8 Å². The summed E-state index contributed by atoms with van der Waals surface area (Å²) in [5.41, 5.74) is -0.106. The normalized spacial score (nSPS) is 13.1. The second-order valence-corrected chi connectivity index (χ2v) is 9.20. The number of hydrogen-bond acceptors (Lipinski definition) is 6. The van der Waals surface area contributed by atoms with Crippen LogP contribution in [0.3, 0.4) is 0 Å². The highest BCUT2D eigenvalue weighted by molar-refractivity contribution is 6.31. The third kappa shape index (κ3) is 7.14. The number of methoxy groups -OCH3 is 2. The van der Waals surface area contributed by atoms with Crippen molar-refractivity contribution < 1.29 is 37.3 Å². The number of hydrogen-bond donors (Lipinski definition) is 1. The van der Waals surface area contributed by atoms with Gasteiger partial charge in [-0.25, -0.2) is 18.2 Å². The second kappa shape index (κ2) is 11.4. The minimum atomic E-state index is -3.02. The maximum atomic E-state index is 13.6. The topological polar surface area (TPSA) is 77.9 Å². The first-order valence-electron chi connectivity index (χ1n) is 11.3. The van der Waals surface area contributed by atoms with E-state index in [1.165, 1.54) is 57.5 Å². The average Bonchev–Trinajstić information content (AvgIpc) is 2.86. The lowest BCUT2D eigenvalue weighted by atomic mass is 9.92. The minimum Gasteiger partial charge on any atom is -0.494 e. The molecule has 0 spiro atoms. The molecule has 1 aromatic heterocycles. The fraction of sp³-hybridized carbons (Fsp3) is 0.333. The van der Waals surface area contributed by atoms with Gasteiger partial charge < -0.3 is 19.3 Å². The Balaban J connectivity index is 1.78. The molecule has 10 heteroatoms. The SMILES string of the molecule is COc1cc(C(=O)CCC(C)(O)c2ccc(OC)c(-c3ccc(F)c(Cl)c3)n2)ccc1OCC(C)(F)F. The fourth-order valence-electron chi connectivity index (χ4n) is 3.56. The fourth-order valence-corrected chi connectivity index (χ4v) is 3.74. The molecule has 37 heavy (non-hydrogen) atoms. The Bertz CT molecular complexity index is 1280. The minimum absolute atomic E-state index is 0.0252. The molecule has 1 N–H and O–H groups in total. The van der Waals surface area contributed by atoms with Gasteiger partial charge in [-0.3, -0.25) is 4.79 Å². The van der Waals surface area contributed by atoms with Crippen LogP contribution in [0, 0.1) is 5.82 Å². The monoisotopic (exact) mass is 537 g/mol. The summed E-state index contributed by atoms with van der Waals surface area (Å²) in [4.78, 5) is 17.4. The third-order valence-corrected chi connectivity index (χ3v) is 5.92. The van der Waals surface area contributed by atoms with Crippen LogP contribution in [0.2, 0.25) is 5.02 Å². The Morgan fingerprint density at radius 3 is 2.30 bits per heavy atom. The highest BCUT2D eigenvalue weighted by Crippen LogP contribution is 2.35. The molecule has 0 aliphatic heterocycles. The molecule has 0 saturated heterocycles. The number of ether oxygens (including phenoxy) is 3. The van der Waals surface area contributed by atoms with Gasteiger partial charge in [-0.15, -0.1) is 0 Å². The summed E-state index contributed by atoms with van der Waals surface area (Å²) >= 11 is 5.92. The molecule has 0 amide bonds. The Morgan fingerprint density at radius 1 is 1.00 bits per heavy atom. The number of carbonyl (C=O) groups is 1. The Hall–Kier alpha value is -3.30. The summed E-state index contributed by atoms with van der Waals surface area (Å²) in [6.07, 6.45) is -0.0216. The molecule has 0 radical (unpaired) electrons. The van der Waals surface area contributed by atoms with Crippen molar-refractivity contribution >= 4 is 17.4 Å². The van der Waals surface area contributed by atoms with Gasteiger partial charge in [-0.1, -0.05) is 11.6 Å². The van der Waals surface area contributed by atoms with Crippen molar-refractivity contribution in [2.45, 2.75) is 38.2 Å². The van der Waals surface area contributed by atoms with Crippen molar-refractivity contribution in [2.24, 2.45) is 0 Å². The Kier molecular flexibility index (Phi) is 8.71. The van der Waals surface area contributed by atoms with Gasteiger partial charge in [0.05, 0.1) is 24.9 Å². The number of pyridine rings is 1. The van der Waals surface area contributed by atoms with Crippen LogP contribution < -0.4 is 14.2 Å². The maximum Gasteiger partial charge on any atom is 0.278 e. The van der Waals surface area contributed by atoms with Gasteiger partial charge in [0.2, 0.25) is 0 Å². The molecule has 0 aliphatic rings. The van der Waals surface area contributed by atoms with E-state index in [0.29, 0.717) is 17.0 Å². The molecule has 0 aliphatic carbocycles. The van der Waals surface area contributed by atoms with Crippen molar-refractivity contribution in [1.29, 1.82) is 0 Å². The first-order chi connectivity index (χ1) is 17.3. The zero-order valence-electron chi connectivity index (χ0n) is 20.8. The smallest absolute Gasteiger partial charge is 0.278 e. The van der Waals surface area contributed by atoms with Gasteiger partial charge in [0.15, 0.2) is 23.9 Å². The van der Waals surface area contributed by atoms with Crippen LogP contribution in [-0.2, 0) is 5.60 Å². The van der Waals surface area contributed by atoms with E-state index in [0.717, 1.165) is 6.92 Å². The van der Waals surface area contributed by atoms with Gasteiger partial charge in [0, 0.05) is 24.5 Å². The molecule has 1 heterocycles. The molecule has 1 unspecified atom stereocenters. The predicted octanol–water partition coefficient (Wildman–Crippen LogP) is 6.46. The van der Waals surface area contributed by atoms with E-state index in [1.54, 1.807) is 12.1 Å². The largest absolute Gasteiger partial charge is 0.494 e. The predicted molar refractivity (Wildman–Crippen MR) is 133 cm³/mol. The van der Waals surface area contributed by atoms with Crippen LogP contribution in [0.1, 0.15) is 42.7 Å².